The maximum atomic E-state index is 4.40. The first-order chi connectivity index (χ1) is 7.85. The summed E-state index contributed by atoms with van der Waals surface area (Å²) >= 11 is 0. The van der Waals surface area contributed by atoms with E-state index in [1.165, 1.54) is 30.5 Å². The van der Waals surface area contributed by atoms with E-state index in [1.54, 1.807) is 6.33 Å². The molecule has 0 spiro atoms. The molecule has 1 heterocycles. The molecule has 0 bridgehead atoms. The fourth-order valence-corrected chi connectivity index (χ4v) is 2.40. The standard InChI is InChI=1S/C13H21N3/c1-3-6-10(4-2)16-13-11-7-5-8-12(11)14-9-15-13/h9-10H,3-8H2,1-2H3,(H,14,15,16). The first kappa shape index (κ1) is 11.4. The molecular formula is C13H21N3. The van der Waals surface area contributed by atoms with E-state index < -0.39 is 0 Å². The van der Waals surface area contributed by atoms with E-state index in [-0.39, 0.29) is 0 Å². The number of anilines is 1. The maximum absolute atomic E-state index is 4.40. The van der Waals surface area contributed by atoms with E-state index >= 15 is 0 Å². The second-order valence-electron chi connectivity index (χ2n) is 4.54. The highest BCUT2D eigenvalue weighted by atomic mass is 15.0. The number of fused-ring (bicyclic) bond motifs is 1. The lowest BCUT2D eigenvalue weighted by atomic mass is 10.1. The smallest absolute Gasteiger partial charge is 0.133 e. The van der Waals surface area contributed by atoms with Gasteiger partial charge in [0.05, 0.1) is 0 Å². The third-order valence-electron chi connectivity index (χ3n) is 3.35. The molecule has 16 heavy (non-hydrogen) atoms. The lowest BCUT2D eigenvalue weighted by Gasteiger charge is -2.18. The number of hydrogen-bond acceptors (Lipinski definition) is 3. The second-order valence-corrected chi connectivity index (χ2v) is 4.54. The summed E-state index contributed by atoms with van der Waals surface area (Å²) < 4.78 is 0. The van der Waals surface area contributed by atoms with Crippen molar-refractivity contribution in [3.05, 3.63) is 17.6 Å². The van der Waals surface area contributed by atoms with Crippen LogP contribution >= 0.6 is 0 Å². The van der Waals surface area contributed by atoms with Crippen LogP contribution in [0.5, 0.6) is 0 Å². The zero-order valence-corrected chi connectivity index (χ0v) is 10.3. The van der Waals surface area contributed by atoms with E-state index in [1.807, 2.05) is 0 Å². The monoisotopic (exact) mass is 219 g/mol. The summed E-state index contributed by atoms with van der Waals surface area (Å²) in [7, 11) is 0. The molecule has 1 atom stereocenters. The van der Waals surface area contributed by atoms with Crippen LogP contribution in [0.1, 0.15) is 50.8 Å². The van der Waals surface area contributed by atoms with Gasteiger partial charge in [-0.1, -0.05) is 20.3 Å². The van der Waals surface area contributed by atoms with Gasteiger partial charge in [0, 0.05) is 17.3 Å². The topological polar surface area (TPSA) is 37.8 Å². The Hall–Kier alpha value is -1.12. The van der Waals surface area contributed by atoms with Crippen molar-refractivity contribution < 1.29 is 0 Å². The third-order valence-corrected chi connectivity index (χ3v) is 3.35. The van der Waals surface area contributed by atoms with Crippen molar-refractivity contribution in [2.75, 3.05) is 5.32 Å². The van der Waals surface area contributed by atoms with Crippen LogP contribution in [0.25, 0.3) is 0 Å². The van der Waals surface area contributed by atoms with Gasteiger partial charge < -0.3 is 5.32 Å². The van der Waals surface area contributed by atoms with Gasteiger partial charge in [-0.3, -0.25) is 0 Å². The molecule has 1 aliphatic rings. The van der Waals surface area contributed by atoms with Gasteiger partial charge in [-0.2, -0.15) is 0 Å². The van der Waals surface area contributed by atoms with Gasteiger partial charge >= 0.3 is 0 Å². The van der Waals surface area contributed by atoms with Crippen molar-refractivity contribution in [1.29, 1.82) is 0 Å². The van der Waals surface area contributed by atoms with Crippen LogP contribution in [0, 0.1) is 0 Å². The lowest BCUT2D eigenvalue weighted by Crippen LogP contribution is -2.20. The van der Waals surface area contributed by atoms with Crippen molar-refractivity contribution >= 4 is 5.82 Å². The maximum Gasteiger partial charge on any atom is 0.133 e. The minimum atomic E-state index is 0.560. The fraction of sp³-hybridized carbons (Fsp3) is 0.692. The van der Waals surface area contributed by atoms with Crippen molar-refractivity contribution in [2.45, 2.75) is 58.4 Å². The van der Waals surface area contributed by atoms with Crippen molar-refractivity contribution in [2.24, 2.45) is 0 Å². The summed E-state index contributed by atoms with van der Waals surface area (Å²) in [5.74, 6) is 1.09. The van der Waals surface area contributed by atoms with Crippen LogP contribution in [-0.4, -0.2) is 16.0 Å². The van der Waals surface area contributed by atoms with Gasteiger partial charge in [0.15, 0.2) is 0 Å². The Labute approximate surface area is 97.7 Å². The summed E-state index contributed by atoms with van der Waals surface area (Å²) in [4.78, 5) is 8.75. The first-order valence-corrected chi connectivity index (χ1v) is 6.44. The van der Waals surface area contributed by atoms with E-state index in [2.05, 4.69) is 29.1 Å². The SMILES string of the molecule is CCCC(CC)Nc1ncnc2c1CCC2. The predicted molar refractivity (Wildman–Crippen MR) is 66.7 cm³/mol. The number of aryl methyl sites for hydroxylation is 1. The number of aromatic nitrogens is 2. The summed E-state index contributed by atoms with van der Waals surface area (Å²) in [5, 5.41) is 3.58. The minimum Gasteiger partial charge on any atom is -0.367 e. The first-order valence-electron chi connectivity index (χ1n) is 6.44. The second kappa shape index (κ2) is 5.28. The van der Waals surface area contributed by atoms with Crippen LogP contribution in [-0.2, 0) is 12.8 Å². The van der Waals surface area contributed by atoms with Crippen LogP contribution in [0.4, 0.5) is 5.82 Å². The molecule has 0 aliphatic heterocycles. The fourth-order valence-electron chi connectivity index (χ4n) is 2.40. The molecule has 1 aromatic rings. The van der Waals surface area contributed by atoms with Gasteiger partial charge in [0.1, 0.15) is 12.1 Å². The summed E-state index contributed by atoms with van der Waals surface area (Å²) in [5.41, 5.74) is 2.61. The third kappa shape index (κ3) is 2.34. The van der Waals surface area contributed by atoms with E-state index in [9.17, 15) is 0 Å². The van der Waals surface area contributed by atoms with Crippen molar-refractivity contribution in [3.8, 4) is 0 Å². The number of rotatable bonds is 5. The quantitative estimate of drug-likeness (QED) is 0.827. The molecule has 1 aromatic heterocycles. The van der Waals surface area contributed by atoms with Crippen molar-refractivity contribution in [1.82, 2.24) is 9.97 Å². The molecule has 3 nitrogen and oxygen atoms in total. The van der Waals surface area contributed by atoms with E-state index in [0.29, 0.717) is 6.04 Å². The highest BCUT2D eigenvalue weighted by Gasteiger charge is 2.18. The lowest BCUT2D eigenvalue weighted by molar-refractivity contribution is 0.619. The van der Waals surface area contributed by atoms with Gasteiger partial charge in [-0.05, 0) is 32.1 Å². The van der Waals surface area contributed by atoms with Crippen molar-refractivity contribution in [3.63, 3.8) is 0 Å². The van der Waals surface area contributed by atoms with Gasteiger partial charge in [0.2, 0.25) is 0 Å². The molecule has 0 amide bonds. The molecule has 0 saturated heterocycles. The normalized spacial score (nSPS) is 15.9. The van der Waals surface area contributed by atoms with Gasteiger partial charge in [-0.15, -0.1) is 0 Å². The van der Waals surface area contributed by atoms with Crippen LogP contribution in [0.3, 0.4) is 0 Å². The minimum absolute atomic E-state index is 0.560. The molecule has 0 fully saturated rings. The number of hydrogen-bond donors (Lipinski definition) is 1. The largest absolute Gasteiger partial charge is 0.367 e. The Morgan fingerprint density at radius 1 is 1.31 bits per heavy atom. The Kier molecular flexibility index (Phi) is 3.75. The molecule has 88 valence electrons. The van der Waals surface area contributed by atoms with Crippen LogP contribution in [0.2, 0.25) is 0 Å². The summed E-state index contributed by atoms with van der Waals surface area (Å²) in [6.45, 7) is 4.46. The van der Waals surface area contributed by atoms with Crippen LogP contribution in [0.15, 0.2) is 6.33 Å². The predicted octanol–water partition coefficient (Wildman–Crippen LogP) is 2.96. The number of nitrogens with one attached hydrogen (secondary N) is 1. The van der Waals surface area contributed by atoms with E-state index in [4.69, 9.17) is 0 Å². The molecular weight excluding hydrogens is 198 g/mol. The highest BCUT2D eigenvalue weighted by molar-refractivity contribution is 5.48. The van der Waals surface area contributed by atoms with E-state index in [0.717, 1.165) is 25.1 Å². The Morgan fingerprint density at radius 3 is 2.94 bits per heavy atom. The molecule has 2 rings (SSSR count). The summed E-state index contributed by atoms with van der Waals surface area (Å²) in [6, 6.07) is 0.560. The molecule has 0 saturated carbocycles. The highest BCUT2D eigenvalue weighted by Crippen LogP contribution is 2.26. The van der Waals surface area contributed by atoms with Gasteiger partial charge in [0.25, 0.3) is 0 Å². The average molecular weight is 219 g/mol. The zero-order chi connectivity index (χ0) is 11.4. The number of nitrogens with zero attached hydrogens (tertiary/aromatic N) is 2. The molecule has 0 radical (unpaired) electrons. The Balaban J connectivity index is 2.12. The zero-order valence-electron chi connectivity index (χ0n) is 10.3. The van der Waals surface area contributed by atoms with Gasteiger partial charge in [-0.25, -0.2) is 9.97 Å². The Morgan fingerprint density at radius 2 is 2.19 bits per heavy atom. The molecule has 1 N–H and O–H groups in total. The molecule has 1 aliphatic carbocycles. The Bertz CT molecular complexity index is 349. The van der Waals surface area contributed by atoms with Crippen LogP contribution < -0.4 is 5.32 Å². The molecule has 3 heteroatoms. The average Bonchev–Trinajstić information content (AvgIpc) is 2.77. The summed E-state index contributed by atoms with van der Waals surface area (Å²) in [6.07, 6.45) is 8.79. The molecule has 1 unspecified atom stereocenters. The molecule has 0 aromatic carbocycles.